The summed E-state index contributed by atoms with van der Waals surface area (Å²) in [6, 6.07) is 25.2. The van der Waals surface area contributed by atoms with Gasteiger partial charge in [0, 0.05) is 14.1 Å². The predicted octanol–water partition coefficient (Wildman–Crippen LogP) is 3.73. The molecule has 11 nitrogen and oxygen atoms in total. The summed E-state index contributed by atoms with van der Waals surface area (Å²) in [7, 11) is 6.87. The maximum Gasteiger partial charge on any atom is 0.280 e. The lowest BCUT2D eigenvalue weighted by atomic mass is 9.80. The van der Waals surface area contributed by atoms with Crippen molar-refractivity contribution < 1.29 is 19.3 Å². The van der Waals surface area contributed by atoms with Crippen LogP contribution in [0.15, 0.2) is 95.0 Å². The van der Waals surface area contributed by atoms with Gasteiger partial charge in [-0.25, -0.2) is 9.98 Å². The summed E-state index contributed by atoms with van der Waals surface area (Å²) in [6.07, 6.45) is 2.04. The molecule has 11 heteroatoms. The van der Waals surface area contributed by atoms with E-state index in [1.54, 1.807) is 23.7 Å². The van der Waals surface area contributed by atoms with Crippen LogP contribution in [-0.2, 0) is 16.9 Å². The van der Waals surface area contributed by atoms with E-state index in [9.17, 15) is 9.90 Å². The molecule has 0 aliphatic rings. The summed E-state index contributed by atoms with van der Waals surface area (Å²) in [4.78, 5) is 29.8. The van der Waals surface area contributed by atoms with Crippen molar-refractivity contribution >= 4 is 23.5 Å². The third kappa shape index (κ3) is 6.27. The van der Waals surface area contributed by atoms with E-state index < -0.39 is 17.3 Å². The van der Waals surface area contributed by atoms with Gasteiger partial charge in [0.15, 0.2) is 11.2 Å². The molecule has 0 amide bonds. The number of hydrogen-bond donors (Lipinski definition) is 2. The van der Waals surface area contributed by atoms with Crippen molar-refractivity contribution in [2.45, 2.75) is 18.2 Å². The Balaban J connectivity index is 1.51. The molecule has 0 fully saturated rings. The molecule has 2 aromatic heterocycles. The van der Waals surface area contributed by atoms with Crippen molar-refractivity contribution in [3.8, 4) is 11.5 Å². The van der Waals surface area contributed by atoms with Crippen LogP contribution in [0.5, 0.6) is 11.5 Å². The van der Waals surface area contributed by atoms with Gasteiger partial charge in [-0.2, -0.15) is 4.98 Å². The zero-order chi connectivity index (χ0) is 30.4. The highest BCUT2D eigenvalue weighted by Crippen LogP contribution is 2.41. The largest absolute Gasteiger partial charge is 0.497 e. The lowest BCUT2D eigenvalue weighted by Crippen LogP contribution is -2.36. The monoisotopic (exact) mass is 582 g/mol. The quantitative estimate of drug-likeness (QED) is 0.129. The number of fused-ring (bicyclic) bond motifs is 1. The Morgan fingerprint density at radius 3 is 2.09 bits per heavy atom. The number of methoxy groups -OCH3 is 2. The molecule has 0 saturated carbocycles. The first-order valence-corrected chi connectivity index (χ1v) is 13.7. The number of rotatable bonds is 12. The molecule has 5 rings (SSSR count). The van der Waals surface area contributed by atoms with E-state index in [1.165, 1.54) is 12.7 Å². The fourth-order valence-electron chi connectivity index (χ4n) is 4.88. The highest BCUT2D eigenvalue weighted by atomic mass is 16.5. The standard InChI is InChI=1S/C32H34N6O5/c1-37(2)20-34-31-35-29-28(30(40)36-31)33-21-38(29)18-25(39)19-43-32(22-8-6-5-7-9-22,23-10-14-26(41-3)15-11-23)24-12-16-27(42-4)17-13-24/h5-17,20-21,25,39H,18-19H2,1-4H3,(H,35,36,40)/t25-/m0/s1. The zero-order valence-electron chi connectivity index (χ0n) is 24.5. The number of aliphatic imine (C=N–C) groups is 1. The van der Waals surface area contributed by atoms with Crippen LogP contribution in [0.3, 0.4) is 0 Å². The molecule has 0 bridgehead atoms. The number of nitrogens with zero attached hydrogens (tertiary/aromatic N) is 5. The molecule has 1 atom stereocenters. The molecule has 222 valence electrons. The normalized spacial score (nSPS) is 12.5. The fourth-order valence-corrected chi connectivity index (χ4v) is 4.88. The van der Waals surface area contributed by atoms with Gasteiger partial charge >= 0.3 is 0 Å². The number of imidazole rings is 1. The van der Waals surface area contributed by atoms with E-state index in [0.717, 1.165) is 16.7 Å². The second-order valence-corrected chi connectivity index (χ2v) is 10.1. The van der Waals surface area contributed by atoms with Gasteiger partial charge in [0.05, 0.1) is 46.1 Å². The first-order chi connectivity index (χ1) is 20.8. The van der Waals surface area contributed by atoms with E-state index in [0.29, 0.717) is 17.1 Å². The van der Waals surface area contributed by atoms with Crippen LogP contribution >= 0.6 is 0 Å². The van der Waals surface area contributed by atoms with E-state index in [4.69, 9.17) is 14.2 Å². The molecule has 2 N–H and O–H groups in total. The SMILES string of the molecule is COc1ccc(C(OC[C@@H](O)Cn2cnc3c(=O)[nH]c(N=CN(C)C)nc32)(c2ccccc2)c2ccc(OC)cc2)cc1. The molecule has 0 aliphatic heterocycles. The number of aliphatic hydroxyl groups is 1. The van der Waals surface area contributed by atoms with Crippen molar-refractivity contribution in [1.82, 2.24) is 24.4 Å². The number of benzene rings is 3. The third-order valence-corrected chi connectivity index (χ3v) is 6.95. The van der Waals surface area contributed by atoms with Crippen LogP contribution in [0.4, 0.5) is 5.95 Å². The average molecular weight is 583 g/mol. The minimum Gasteiger partial charge on any atom is -0.497 e. The van der Waals surface area contributed by atoms with Crippen molar-refractivity contribution in [3.63, 3.8) is 0 Å². The molecule has 0 spiro atoms. The fraction of sp³-hybridized carbons (Fsp3) is 0.250. The summed E-state index contributed by atoms with van der Waals surface area (Å²) < 4.78 is 19.2. The van der Waals surface area contributed by atoms with Gasteiger partial charge in [-0.1, -0.05) is 54.6 Å². The Bertz CT molecular complexity index is 1680. The smallest absolute Gasteiger partial charge is 0.280 e. The van der Waals surface area contributed by atoms with Crippen molar-refractivity contribution in [2.24, 2.45) is 4.99 Å². The van der Waals surface area contributed by atoms with Crippen molar-refractivity contribution in [1.29, 1.82) is 0 Å². The zero-order valence-corrected chi connectivity index (χ0v) is 24.5. The molecule has 3 aromatic carbocycles. The maximum absolute atomic E-state index is 12.6. The maximum atomic E-state index is 12.6. The van der Waals surface area contributed by atoms with Crippen LogP contribution in [0, 0.1) is 0 Å². The number of ether oxygens (including phenoxy) is 3. The highest BCUT2D eigenvalue weighted by molar-refractivity contribution is 5.71. The molecule has 0 unspecified atom stereocenters. The van der Waals surface area contributed by atoms with Gasteiger partial charge in [-0.05, 0) is 41.0 Å². The number of H-pyrrole nitrogens is 1. The first-order valence-electron chi connectivity index (χ1n) is 13.7. The van der Waals surface area contributed by atoms with Crippen LogP contribution in [0.2, 0.25) is 0 Å². The van der Waals surface area contributed by atoms with Crippen LogP contribution in [-0.4, -0.2) is 76.9 Å². The predicted molar refractivity (Wildman–Crippen MR) is 164 cm³/mol. The van der Waals surface area contributed by atoms with Gasteiger partial charge in [0.2, 0.25) is 5.95 Å². The number of aromatic amines is 1. The molecule has 0 radical (unpaired) electrons. The van der Waals surface area contributed by atoms with Crippen molar-refractivity contribution in [2.75, 3.05) is 34.9 Å². The Labute approximate surface area is 249 Å². The van der Waals surface area contributed by atoms with Gasteiger partial charge in [-0.3, -0.25) is 9.78 Å². The van der Waals surface area contributed by atoms with Gasteiger partial charge in [-0.15, -0.1) is 0 Å². The van der Waals surface area contributed by atoms with Crippen LogP contribution < -0.4 is 15.0 Å². The Morgan fingerprint density at radius 1 is 0.953 bits per heavy atom. The van der Waals surface area contributed by atoms with Crippen molar-refractivity contribution in [3.05, 3.63) is 112 Å². The summed E-state index contributed by atoms with van der Waals surface area (Å²) in [6.45, 7) is 0.0291. The van der Waals surface area contributed by atoms with E-state index in [-0.39, 0.29) is 24.6 Å². The molecule has 0 saturated heterocycles. The Kier molecular flexibility index (Phi) is 8.84. The summed E-state index contributed by atoms with van der Waals surface area (Å²) >= 11 is 0. The molecule has 0 aliphatic carbocycles. The molecule has 5 aromatic rings. The van der Waals surface area contributed by atoms with E-state index in [2.05, 4.69) is 19.9 Å². The minimum absolute atomic E-state index is 0.0541. The number of aromatic nitrogens is 4. The number of nitrogens with one attached hydrogen (secondary N) is 1. The van der Waals surface area contributed by atoms with Gasteiger partial charge in [0.1, 0.15) is 17.1 Å². The topological polar surface area (TPSA) is 127 Å². The van der Waals surface area contributed by atoms with E-state index >= 15 is 0 Å². The third-order valence-electron chi connectivity index (χ3n) is 6.95. The Morgan fingerprint density at radius 2 is 1.53 bits per heavy atom. The summed E-state index contributed by atoms with van der Waals surface area (Å²) in [5.41, 5.74) is 1.55. The second kappa shape index (κ2) is 12.9. The molecule has 2 heterocycles. The van der Waals surface area contributed by atoms with Crippen LogP contribution in [0.25, 0.3) is 11.2 Å². The van der Waals surface area contributed by atoms with Gasteiger partial charge < -0.3 is 28.8 Å². The second-order valence-electron chi connectivity index (χ2n) is 10.1. The average Bonchev–Trinajstić information content (AvgIpc) is 3.44. The Hall–Kier alpha value is -5.00. The van der Waals surface area contributed by atoms with Crippen LogP contribution in [0.1, 0.15) is 16.7 Å². The number of hydrogen-bond acceptors (Lipinski definition) is 8. The van der Waals surface area contributed by atoms with Gasteiger partial charge in [0.25, 0.3) is 5.56 Å². The number of aliphatic hydroxyl groups excluding tert-OH is 1. The summed E-state index contributed by atoms with van der Waals surface area (Å²) in [5.74, 6) is 1.56. The lowest BCUT2D eigenvalue weighted by molar-refractivity contribution is -0.0421. The minimum atomic E-state index is -1.08. The van der Waals surface area contributed by atoms with E-state index in [1.807, 2.05) is 93.0 Å². The highest BCUT2D eigenvalue weighted by Gasteiger charge is 2.38. The first kappa shape index (κ1) is 29.5. The molecular formula is C32H34N6O5. The summed E-state index contributed by atoms with van der Waals surface area (Å²) in [5, 5.41) is 11.3. The lowest BCUT2D eigenvalue weighted by Gasteiger charge is -2.36. The molecule has 43 heavy (non-hydrogen) atoms. The molecular weight excluding hydrogens is 548 g/mol.